The number of carbonyl (C=O) groups excluding carboxylic acids is 5. The number of furan rings is 1. The normalized spacial score (nSPS) is 19.0. The number of likely N-dealkylation sites (N-methyl/N-ethyl adjacent to an activating group) is 5. The Morgan fingerprint density at radius 2 is 0.592 bits per heavy atom. The van der Waals surface area contributed by atoms with Crippen molar-refractivity contribution < 1.29 is 81.1 Å². The molecule has 5 amide bonds. The second-order valence-electron chi connectivity index (χ2n) is 32.7. The van der Waals surface area contributed by atoms with Crippen LogP contribution in [0, 0.1) is 6.08 Å². The topological polar surface area (TPSA) is 436 Å². The van der Waals surface area contributed by atoms with Crippen molar-refractivity contribution in [3.63, 3.8) is 0 Å². The van der Waals surface area contributed by atoms with Gasteiger partial charge in [0.2, 0.25) is 0 Å². The Bertz CT molecular complexity index is 7060. The van der Waals surface area contributed by atoms with Crippen LogP contribution in [0.4, 0.5) is 48.3 Å². The molecule has 5 aromatic carbocycles. The molecule has 0 bridgehead atoms. The maximum atomic E-state index is 13.3. The van der Waals surface area contributed by atoms with Crippen LogP contribution < -0.4 is 28.7 Å². The van der Waals surface area contributed by atoms with E-state index in [1.807, 2.05) is 22.2 Å². The van der Waals surface area contributed by atoms with E-state index in [-0.39, 0.29) is 68.2 Å². The van der Waals surface area contributed by atoms with Crippen molar-refractivity contribution in [3.8, 4) is 55.9 Å². The average Bonchev–Trinajstić information content (AvgIpc) is 1.63. The number of hydrogen-bond acceptors (Lipinski definition) is 28. The van der Waals surface area contributed by atoms with Gasteiger partial charge in [0.25, 0.3) is 61.7 Å². The Labute approximate surface area is 858 Å². The maximum Gasteiger partial charge on any atom is 0.308 e. The zero-order chi connectivity index (χ0) is 105. The molecule has 49 heteroatoms. The van der Waals surface area contributed by atoms with Gasteiger partial charge in [0, 0.05) is 131 Å². The smallest absolute Gasteiger partial charge is 0.308 e. The number of rotatable bonds is 20. The van der Waals surface area contributed by atoms with E-state index in [0.29, 0.717) is 81.5 Å². The van der Waals surface area contributed by atoms with Gasteiger partial charge in [0.1, 0.15) is 40.4 Å². The quantitative estimate of drug-likeness (QED) is 0.0349. The Morgan fingerprint density at radius 3 is 0.844 bits per heavy atom. The summed E-state index contributed by atoms with van der Waals surface area (Å²) < 4.78 is 156. The second-order valence-corrected chi connectivity index (χ2v) is 36.4. The predicted octanol–water partition coefficient (Wildman–Crippen LogP) is 18.9. The molecule has 0 aliphatic carbocycles. The van der Waals surface area contributed by atoms with Gasteiger partial charge in [0.05, 0.1) is 23.7 Å². The second kappa shape index (κ2) is 42.1. The zero-order valence-corrected chi connectivity index (χ0v) is 81.7. The van der Waals surface area contributed by atoms with Crippen LogP contribution >= 0.6 is 80.7 Å². The van der Waals surface area contributed by atoms with Crippen molar-refractivity contribution in [3.05, 3.63) is 369 Å². The third-order valence-corrected chi connectivity index (χ3v) is 26.4. The number of hydrogen-bond donors (Lipinski definition) is 5. The van der Waals surface area contributed by atoms with E-state index in [0.717, 1.165) is 39.8 Å². The van der Waals surface area contributed by atoms with Gasteiger partial charge in [-0.3, -0.25) is 73.4 Å². The molecule has 147 heavy (non-hydrogen) atoms. The lowest BCUT2D eigenvalue weighted by atomic mass is 9.82. The van der Waals surface area contributed by atoms with E-state index in [1.165, 1.54) is 195 Å². The molecule has 0 fully saturated rings. The summed E-state index contributed by atoms with van der Waals surface area (Å²) in [6, 6.07) is 41.4. The van der Waals surface area contributed by atoms with Crippen LogP contribution in [0.3, 0.4) is 0 Å². The number of halogens is 16. The number of thiophene rings is 1. The fourth-order valence-corrected chi connectivity index (χ4v) is 19.1. The van der Waals surface area contributed by atoms with Crippen LogP contribution in [0.1, 0.15) is 116 Å². The number of pyridine rings is 5. The third-order valence-electron chi connectivity index (χ3n) is 24.0. The number of alkyl halides is 10. The minimum atomic E-state index is -2.85. The number of aliphatic imine (C=N–C) groups is 5. The van der Waals surface area contributed by atoms with Gasteiger partial charge in [-0.15, -0.1) is 11.3 Å². The summed E-state index contributed by atoms with van der Waals surface area (Å²) in [4.78, 5) is 128. The fourth-order valence-electron chi connectivity index (χ4n) is 16.7. The van der Waals surface area contributed by atoms with Crippen LogP contribution in [0.5, 0.6) is 0 Å². The Balaban J connectivity index is 0.000000131. The SMILES string of the molecule is CN1C(=O)C(c2cc(Cl)cc(-c3ccoc3)c2)(c2ccnc(C(F)F)c2)N=C1N.CN1C(=O)C(c2cc(Cl)cc(-c3ccsc3)c2)(c2ccnc(C(F)F)c2)N=C1N.CN1C(=O)C(c2cc(Cl)cc(-c3cnc(F)nc3)c2)(c2ccnc(C(F)F)c2)N=C1N.CN1C(=O)C(c2cc(Cl)cc(-c3cocn3)c2)(c2ccnc(C(F)F)c2)N=C1N.CN1C(=O)C(c2cc(Cl)cc(-c3cscn3)c2)(c2ccnc(C(F)F)c2)N=C1N. The van der Waals surface area contributed by atoms with Gasteiger partial charge in [0.15, 0.2) is 63.9 Å². The van der Waals surface area contributed by atoms with Gasteiger partial charge in [-0.05, 0) is 252 Å². The minimum Gasteiger partial charge on any atom is -0.472 e. The number of nitrogens with two attached hydrogens (primary N) is 5. The molecule has 5 aliphatic rings. The maximum absolute atomic E-state index is 13.3. The highest BCUT2D eigenvalue weighted by atomic mass is 35.5. The van der Waals surface area contributed by atoms with Crippen molar-refractivity contribution in [1.82, 2.24) is 69.4 Å². The summed E-state index contributed by atoms with van der Waals surface area (Å²) in [7, 11) is 7.32. The molecule has 20 rings (SSSR count). The number of oxazole rings is 1. The summed E-state index contributed by atoms with van der Waals surface area (Å²) in [5.74, 6) is -2.69. The molecule has 750 valence electrons. The van der Waals surface area contributed by atoms with E-state index >= 15 is 0 Å². The van der Waals surface area contributed by atoms with E-state index < -0.39 is 124 Å². The van der Waals surface area contributed by atoms with Gasteiger partial charge < -0.3 is 37.5 Å². The molecular formula is C98H72Cl5F11N24O7S2. The molecule has 0 saturated heterocycles. The number of guanidine groups is 5. The lowest BCUT2D eigenvalue weighted by Gasteiger charge is -2.27. The van der Waals surface area contributed by atoms with E-state index in [9.17, 15) is 72.3 Å². The van der Waals surface area contributed by atoms with Crippen molar-refractivity contribution in [2.45, 2.75) is 59.8 Å². The van der Waals surface area contributed by atoms with E-state index in [2.05, 4.69) is 69.8 Å². The molecule has 5 aliphatic heterocycles. The zero-order valence-electron chi connectivity index (χ0n) is 76.2. The molecule has 10 N–H and O–H groups in total. The summed E-state index contributed by atoms with van der Waals surface area (Å²) >= 11 is 34.6. The standard InChI is InChI=1S/C20H14ClF3N6O.C20H15ClF2N4O2.C20H15ClF2N4OS.C19H14ClF2N5O2.C19H14ClF2N5OS/c1-30-17(31)20(29-19(30)25,12-2-3-26-15(7-12)16(22)23)13-4-10(5-14(21)6-13)11-8-27-18(24)28-9-11;2*1-27-18(28)20(26-19(27)24,13-2-4-25-16(9-13)17(22)23)14-6-12(7-15(21)8-14)11-3-5-29-10-11;2*1-27-17(28)19(26-18(27)23,11-2-3-24-14(7-11)16(21)22)12-4-10(5-13(20)6-12)15-8-29-9-25-15/h2-9,16H,1H3,(H2,25,29);2*2-10,17H,1H3,(H2,24,26);2*2-9,16H,1H3,(H2,23,26). The van der Waals surface area contributed by atoms with E-state index in [1.54, 1.807) is 96.5 Å². The Hall–Kier alpha value is -15.9. The van der Waals surface area contributed by atoms with Crippen LogP contribution in [-0.4, -0.2) is 164 Å². The lowest BCUT2D eigenvalue weighted by Crippen LogP contribution is -2.41. The monoisotopic (exact) mass is 2140 g/mol. The van der Waals surface area contributed by atoms with Gasteiger partial charge in [-0.25, -0.2) is 88.8 Å². The lowest BCUT2D eigenvalue weighted by molar-refractivity contribution is -0.130. The molecule has 5 unspecified atom stereocenters. The highest BCUT2D eigenvalue weighted by Gasteiger charge is 2.56. The first-order valence-electron chi connectivity index (χ1n) is 42.8. The molecule has 10 aromatic heterocycles. The highest BCUT2D eigenvalue weighted by Crippen LogP contribution is 2.50. The molecule has 31 nitrogen and oxygen atoms in total. The van der Waals surface area contributed by atoms with Gasteiger partial charge in [-0.2, -0.15) is 15.7 Å². The molecule has 5 atom stereocenters. The first-order valence-corrected chi connectivity index (χ1v) is 46.6. The molecule has 15 heterocycles. The predicted molar refractivity (Wildman–Crippen MR) is 528 cm³/mol. The fraction of sp³-hybridized carbons (Fsp3) is 0.153. The first-order chi connectivity index (χ1) is 70.0. The van der Waals surface area contributed by atoms with Crippen molar-refractivity contribution in [1.29, 1.82) is 0 Å². The van der Waals surface area contributed by atoms with Crippen LogP contribution in [0.15, 0.2) is 288 Å². The minimum absolute atomic E-state index is 0.0116. The molecule has 0 spiro atoms. The van der Waals surface area contributed by atoms with Crippen molar-refractivity contribution in [2.24, 2.45) is 53.6 Å². The Kier molecular flexibility index (Phi) is 29.8. The van der Waals surface area contributed by atoms with Crippen molar-refractivity contribution in [2.75, 3.05) is 35.2 Å². The van der Waals surface area contributed by atoms with Gasteiger partial charge in [-0.1, -0.05) is 58.0 Å². The number of benzene rings is 5. The summed E-state index contributed by atoms with van der Waals surface area (Å²) in [6.07, 6.45) is -0.657. The number of amides is 5. The molecule has 0 saturated carbocycles. The summed E-state index contributed by atoms with van der Waals surface area (Å²) in [5, 5.41) is 7.33. The molecular weight excluding hydrogens is 2080 g/mol. The number of carbonyl (C=O) groups is 5. The average molecular weight is 2150 g/mol. The summed E-state index contributed by atoms with van der Waals surface area (Å²) in [5.41, 5.74) is 29.9. The highest BCUT2D eigenvalue weighted by molar-refractivity contribution is 7.08. The van der Waals surface area contributed by atoms with Gasteiger partial charge >= 0.3 is 6.08 Å². The van der Waals surface area contributed by atoms with Crippen LogP contribution in [0.2, 0.25) is 25.1 Å². The van der Waals surface area contributed by atoms with Crippen LogP contribution in [-0.2, 0) is 51.7 Å². The number of thiazole rings is 1. The van der Waals surface area contributed by atoms with E-state index in [4.69, 9.17) is 95.5 Å². The van der Waals surface area contributed by atoms with Crippen LogP contribution in [0.25, 0.3) is 55.9 Å². The molecule has 15 aromatic rings. The largest absolute Gasteiger partial charge is 0.472 e. The Morgan fingerprint density at radius 1 is 0.299 bits per heavy atom. The first kappa shape index (κ1) is 104. The summed E-state index contributed by atoms with van der Waals surface area (Å²) in [6.45, 7) is 0. The third kappa shape index (κ3) is 20.0. The number of nitrogens with zero attached hydrogens (tertiary/aromatic N) is 19. The van der Waals surface area contributed by atoms with Crippen molar-refractivity contribution >= 4 is 140 Å². The molecule has 0 radical (unpaired) electrons. The number of aromatic nitrogens is 9.